The average molecular weight is 340 g/mol. The summed E-state index contributed by atoms with van der Waals surface area (Å²) in [6, 6.07) is 7.34. The third kappa shape index (κ3) is 2.17. The third-order valence-electron chi connectivity index (χ3n) is 2.67. The molecular formula is C12H8BrClN4O. The predicted molar refractivity (Wildman–Crippen MR) is 75.5 cm³/mol. The lowest BCUT2D eigenvalue weighted by Gasteiger charge is -2.07. The summed E-state index contributed by atoms with van der Waals surface area (Å²) in [6.45, 7) is 0. The molecule has 0 atom stereocenters. The number of hydrogen-bond donors (Lipinski definition) is 0. The predicted octanol–water partition coefficient (Wildman–Crippen LogP) is 3.22. The number of fused-ring (bicyclic) bond motifs is 1. The first-order valence-corrected chi connectivity index (χ1v) is 6.56. The summed E-state index contributed by atoms with van der Waals surface area (Å²) < 4.78 is 8.04. The quantitative estimate of drug-likeness (QED) is 0.673. The first kappa shape index (κ1) is 12.4. The van der Waals surface area contributed by atoms with Gasteiger partial charge in [0.05, 0.1) is 12.7 Å². The third-order valence-corrected chi connectivity index (χ3v) is 3.37. The van der Waals surface area contributed by atoms with Gasteiger partial charge in [-0.15, -0.1) is 10.2 Å². The number of halogens is 2. The second-order valence-electron chi connectivity index (χ2n) is 3.81. The minimum absolute atomic E-state index is 0.382. The van der Waals surface area contributed by atoms with Gasteiger partial charge in [-0.1, -0.05) is 27.5 Å². The van der Waals surface area contributed by atoms with Crippen LogP contribution in [0.4, 0.5) is 0 Å². The Morgan fingerprint density at radius 2 is 2.11 bits per heavy atom. The zero-order valence-corrected chi connectivity index (χ0v) is 12.2. The lowest BCUT2D eigenvalue weighted by atomic mass is 10.2. The second-order valence-corrected chi connectivity index (χ2v) is 5.11. The first-order chi connectivity index (χ1) is 9.19. The molecule has 3 rings (SSSR count). The molecule has 0 fully saturated rings. The van der Waals surface area contributed by atoms with Gasteiger partial charge in [0, 0.05) is 10.5 Å². The zero-order chi connectivity index (χ0) is 13.4. The standard InChI is InChI=1S/C12H8BrClN4O/c1-19-9-3-2-7(13)4-8(9)12-17-16-11-5-10(14)15-6-18(11)12/h2-6H,1H3. The molecule has 96 valence electrons. The Hall–Kier alpha value is -1.66. The SMILES string of the molecule is COc1ccc(Br)cc1-c1nnc2cc(Cl)ncn12. The van der Waals surface area contributed by atoms with E-state index in [0.717, 1.165) is 10.0 Å². The van der Waals surface area contributed by atoms with Crippen molar-refractivity contribution in [2.75, 3.05) is 7.11 Å². The van der Waals surface area contributed by atoms with Crippen LogP contribution in [0.5, 0.6) is 5.75 Å². The summed E-state index contributed by atoms with van der Waals surface area (Å²) >= 11 is 9.27. The highest BCUT2D eigenvalue weighted by molar-refractivity contribution is 9.10. The molecule has 0 aliphatic carbocycles. The number of aromatic nitrogens is 4. The van der Waals surface area contributed by atoms with Crippen molar-refractivity contribution < 1.29 is 4.74 Å². The van der Waals surface area contributed by atoms with Crippen molar-refractivity contribution in [3.63, 3.8) is 0 Å². The van der Waals surface area contributed by atoms with Crippen LogP contribution < -0.4 is 4.74 Å². The summed E-state index contributed by atoms with van der Waals surface area (Å²) in [6.07, 6.45) is 1.59. The van der Waals surface area contributed by atoms with Gasteiger partial charge in [0.2, 0.25) is 0 Å². The van der Waals surface area contributed by atoms with Crippen molar-refractivity contribution in [1.29, 1.82) is 0 Å². The van der Waals surface area contributed by atoms with Gasteiger partial charge >= 0.3 is 0 Å². The summed E-state index contributed by atoms with van der Waals surface area (Å²) in [5.41, 5.74) is 1.46. The molecule has 2 heterocycles. The highest BCUT2D eigenvalue weighted by Gasteiger charge is 2.14. The van der Waals surface area contributed by atoms with Crippen LogP contribution in [0.25, 0.3) is 17.0 Å². The summed E-state index contributed by atoms with van der Waals surface area (Å²) in [5.74, 6) is 1.37. The Labute approximate surface area is 122 Å². The van der Waals surface area contributed by atoms with Gasteiger partial charge in [-0.3, -0.25) is 4.40 Å². The summed E-state index contributed by atoms with van der Waals surface area (Å²) in [4.78, 5) is 4.04. The number of hydrogen-bond acceptors (Lipinski definition) is 4. The van der Waals surface area contributed by atoms with Crippen LogP contribution >= 0.6 is 27.5 Å². The van der Waals surface area contributed by atoms with E-state index >= 15 is 0 Å². The van der Waals surface area contributed by atoms with Gasteiger partial charge in [0.25, 0.3) is 0 Å². The Morgan fingerprint density at radius 3 is 2.89 bits per heavy atom. The van der Waals surface area contributed by atoms with Crippen molar-refractivity contribution in [1.82, 2.24) is 19.6 Å². The first-order valence-electron chi connectivity index (χ1n) is 5.39. The molecule has 0 aliphatic rings. The van der Waals surface area contributed by atoms with Gasteiger partial charge in [0.1, 0.15) is 17.2 Å². The van der Waals surface area contributed by atoms with Crippen molar-refractivity contribution in [3.8, 4) is 17.1 Å². The van der Waals surface area contributed by atoms with Crippen LogP contribution in [0.15, 0.2) is 35.1 Å². The molecule has 0 unspecified atom stereocenters. The van der Waals surface area contributed by atoms with Crippen molar-refractivity contribution in [2.24, 2.45) is 0 Å². The molecule has 5 nitrogen and oxygen atoms in total. The van der Waals surface area contributed by atoms with Gasteiger partial charge < -0.3 is 4.74 Å². The van der Waals surface area contributed by atoms with Crippen LogP contribution in [-0.4, -0.2) is 26.7 Å². The molecule has 1 aromatic carbocycles. The molecule has 3 aromatic rings. The van der Waals surface area contributed by atoms with Gasteiger partial charge in [-0.05, 0) is 18.2 Å². The van der Waals surface area contributed by atoms with E-state index in [1.165, 1.54) is 0 Å². The average Bonchev–Trinajstić information content (AvgIpc) is 2.81. The van der Waals surface area contributed by atoms with E-state index in [0.29, 0.717) is 22.4 Å². The smallest absolute Gasteiger partial charge is 0.173 e. The largest absolute Gasteiger partial charge is 0.496 e. The molecule has 0 saturated heterocycles. The van der Waals surface area contributed by atoms with Gasteiger partial charge in [0.15, 0.2) is 11.5 Å². The molecule has 0 radical (unpaired) electrons. The Kier molecular flexibility index (Phi) is 3.12. The molecular weight excluding hydrogens is 332 g/mol. The van der Waals surface area contributed by atoms with E-state index in [2.05, 4.69) is 31.1 Å². The molecule has 0 bridgehead atoms. The number of methoxy groups -OCH3 is 1. The minimum Gasteiger partial charge on any atom is -0.496 e. The van der Waals surface area contributed by atoms with E-state index in [9.17, 15) is 0 Å². The summed E-state index contributed by atoms with van der Waals surface area (Å²) in [7, 11) is 1.62. The molecule has 7 heteroatoms. The monoisotopic (exact) mass is 338 g/mol. The maximum atomic E-state index is 5.83. The Bertz CT molecular complexity index is 759. The molecule has 0 amide bonds. The fraction of sp³-hybridized carbons (Fsp3) is 0.0833. The minimum atomic E-state index is 0.382. The van der Waals surface area contributed by atoms with Crippen molar-refractivity contribution >= 4 is 33.2 Å². The van der Waals surface area contributed by atoms with Crippen LogP contribution in [0.2, 0.25) is 5.15 Å². The number of rotatable bonds is 2. The van der Waals surface area contributed by atoms with Crippen LogP contribution in [0.3, 0.4) is 0 Å². The van der Waals surface area contributed by atoms with E-state index < -0.39 is 0 Å². The van der Waals surface area contributed by atoms with Gasteiger partial charge in [-0.25, -0.2) is 4.98 Å². The van der Waals surface area contributed by atoms with Crippen LogP contribution in [0.1, 0.15) is 0 Å². The molecule has 2 aromatic heterocycles. The molecule has 0 spiro atoms. The number of ether oxygens (including phenoxy) is 1. The number of nitrogens with zero attached hydrogens (tertiary/aromatic N) is 4. The van der Waals surface area contributed by atoms with Gasteiger partial charge in [-0.2, -0.15) is 0 Å². The fourth-order valence-corrected chi connectivity index (χ4v) is 2.31. The molecule has 0 aliphatic heterocycles. The van der Waals surface area contributed by atoms with Crippen LogP contribution in [0, 0.1) is 0 Å². The maximum absolute atomic E-state index is 5.83. The number of benzene rings is 1. The van der Waals surface area contributed by atoms with Crippen LogP contribution in [-0.2, 0) is 0 Å². The highest BCUT2D eigenvalue weighted by Crippen LogP contribution is 2.31. The lowest BCUT2D eigenvalue weighted by molar-refractivity contribution is 0.416. The Morgan fingerprint density at radius 1 is 1.26 bits per heavy atom. The molecule has 19 heavy (non-hydrogen) atoms. The normalized spacial score (nSPS) is 10.9. The molecule has 0 saturated carbocycles. The van der Waals surface area contributed by atoms with E-state index in [1.54, 1.807) is 23.9 Å². The maximum Gasteiger partial charge on any atom is 0.173 e. The Balaban J connectivity index is 2.27. The topological polar surface area (TPSA) is 52.3 Å². The van der Waals surface area contributed by atoms with Crippen molar-refractivity contribution in [2.45, 2.75) is 0 Å². The van der Waals surface area contributed by atoms with E-state index in [4.69, 9.17) is 16.3 Å². The van der Waals surface area contributed by atoms with E-state index in [-0.39, 0.29) is 0 Å². The highest BCUT2D eigenvalue weighted by atomic mass is 79.9. The zero-order valence-electron chi connectivity index (χ0n) is 9.84. The van der Waals surface area contributed by atoms with E-state index in [1.807, 2.05) is 18.2 Å². The fourth-order valence-electron chi connectivity index (χ4n) is 1.81. The van der Waals surface area contributed by atoms with Crippen molar-refractivity contribution in [3.05, 3.63) is 40.2 Å². The second kappa shape index (κ2) is 4.79. The molecule has 0 N–H and O–H groups in total. The summed E-state index contributed by atoms with van der Waals surface area (Å²) in [5, 5.41) is 8.63. The lowest BCUT2D eigenvalue weighted by Crippen LogP contribution is -1.94.